The molecule has 0 N–H and O–H groups in total. The van der Waals surface area contributed by atoms with Crippen LogP contribution in [0.1, 0.15) is 43.7 Å². The van der Waals surface area contributed by atoms with E-state index in [1.54, 1.807) is 6.07 Å². The van der Waals surface area contributed by atoms with Gasteiger partial charge in [0.25, 0.3) is 0 Å². The third kappa shape index (κ3) is 4.58. The Bertz CT molecular complexity index is 358. The van der Waals surface area contributed by atoms with Crippen LogP contribution in [0, 0.1) is 0 Å². The molecule has 0 aliphatic carbocycles. The highest BCUT2D eigenvalue weighted by molar-refractivity contribution is 6.31. The second kappa shape index (κ2) is 6.29. The molecule has 0 radical (unpaired) electrons. The molecule has 0 aromatic heterocycles. The van der Waals surface area contributed by atoms with Crippen molar-refractivity contribution < 1.29 is 13.2 Å². The summed E-state index contributed by atoms with van der Waals surface area (Å²) in [7, 11) is 0. The molecule has 1 aromatic carbocycles. The van der Waals surface area contributed by atoms with Gasteiger partial charge in [-0.1, -0.05) is 43.9 Å². The monoisotopic (exact) mass is 264 g/mol. The molecule has 0 bridgehead atoms. The predicted octanol–water partition coefficient (Wildman–Crippen LogP) is 5.48. The van der Waals surface area contributed by atoms with Gasteiger partial charge in [-0.05, 0) is 30.5 Å². The molecular weight excluding hydrogens is 249 g/mol. The molecule has 0 saturated carbocycles. The Morgan fingerprint density at radius 1 is 1.12 bits per heavy atom. The molecule has 0 atom stereocenters. The summed E-state index contributed by atoms with van der Waals surface area (Å²) in [5.74, 6) is 0. The Balaban J connectivity index is 2.69. The van der Waals surface area contributed by atoms with E-state index in [0.29, 0.717) is 12.0 Å². The minimum Gasteiger partial charge on any atom is -0.166 e. The molecule has 96 valence electrons. The SMILES string of the molecule is CCCCCCc1ccc(Cl)c(C(F)(F)F)c1. The van der Waals surface area contributed by atoms with Gasteiger partial charge in [-0.25, -0.2) is 0 Å². The molecular formula is C13H16ClF3. The van der Waals surface area contributed by atoms with Gasteiger partial charge in [0.1, 0.15) is 0 Å². The first-order valence-electron chi connectivity index (χ1n) is 5.80. The fourth-order valence-electron chi connectivity index (χ4n) is 1.70. The zero-order chi connectivity index (χ0) is 12.9. The minimum absolute atomic E-state index is 0.227. The van der Waals surface area contributed by atoms with Gasteiger partial charge in [0.05, 0.1) is 10.6 Å². The lowest BCUT2D eigenvalue weighted by molar-refractivity contribution is -0.137. The summed E-state index contributed by atoms with van der Waals surface area (Å²) in [5, 5.41) is -0.227. The van der Waals surface area contributed by atoms with Crippen LogP contribution in [-0.4, -0.2) is 0 Å². The molecule has 0 aliphatic heterocycles. The molecule has 1 aromatic rings. The lowest BCUT2D eigenvalue weighted by Crippen LogP contribution is -2.06. The first-order valence-corrected chi connectivity index (χ1v) is 6.18. The summed E-state index contributed by atoms with van der Waals surface area (Å²) < 4.78 is 37.8. The van der Waals surface area contributed by atoms with Crippen LogP contribution in [-0.2, 0) is 12.6 Å². The maximum atomic E-state index is 12.6. The van der Waals surface area contributed by atoms with Crippen molar-refractivity contribution in [3.8, 4) is 0 Å². The largest absolute Gasteiger partial charge is 0.417 e. The van der Waals surface area contributed by atoms with Gasteiger partial charge in [-0.15, -0.1) is 0 Å². The zero-order valence-corrected chi connectivity index (χ0v) is 10.5. The highest BCUT2D eigenvalue weighted by atomic mass is 35.5. The standard InChI is InChI=1S/C13H16ClF3/c1-2-3-4-5-6-10-7-8-12(14)11(9-10)13(15,16)17/h7-9H,2-6H2,1H3. The normalized spacial score (nSPS) is 11.8. The highest BCUT2D eigenvalue weighted by Crippen LogP contribution is 2.35. The number of unbranched alkanes of at least 4 members (excludes halogenated alkanes) is 3. The Hall–Kier alpha value is -0.700. The summed E-state index contributed by atoms with van der Waals surface area (Å²) >= 11 is 5.54. The number of benzene rings is 1. The first kappa shape index (κ1) is 14.4. The van der Waals surface area contributed by atoms with E-state index in [9.17, 15) is 13.2 Å². The van der Waals surface area contributed by atoms with Crippen molar-refractivity contribution in [1.82, 2.24) is 0 Å². The van der Waals surface area contributed by atoms with Gasteiger partial charge in [0.15, 0.2) is 0 Å². The maximum Gasteiger partial charge on any atom is 0.417 e. The molecule has 0 aliphatic rings. The molecule has 0 amide bonds. The molecule has 0 nitrogen and oxygen atoms in total. The second-order valence-electron chi connectivity index (χ2n) is 4.12. The lowest BCUT2D eigenvalue weighted by atomic mass is 10.0. The smallest absolute Gasteiger partial charge is 0.166 e. The van der Waals surface area contributed by atoms with Crippen LogP contribution in [0.5, 0.6) is 0 Å². The Morgan fingerprint density at radius 3 is 2.41 bits per heavy atom. The van der Waals surface area contributed by atoms with Crippen molar-refractivity contribution >= 4 is 11.6 Å². The van der Waals surface area contributed by atoms with E-state index < -0.39 is 11.7 Å². The van der Waals surface area contributed by atoms with Crippen LogP contribution >= 0.6 is 11.6 Å². The third-order valence-corrected chi connectivity index (χ3v) is 2.98. The topological polar surface area (TPSA) is 0 Å². The molecule has 0 fully saturated rings. The summed E-state index contributed by atoms with van der Waals surface area (Å²) in [6, 6.07) is 4.16. The van der Waals surface area contributed by atoms with Crippen LogP contribution in [0.25, 0.3) is 0 Å². The van der Waals surface area contributed by atoms with Crippen molar-refractivity contribution in [3.63, 3.8) is 0 Å². The molecule has 17 heavy (non-hydrogen) atoms. The van der Waals surface area contributed by atoms with Crippen LogP contribution in [0.2, 0.25) is 5.02 Å². The van der Waals surface area contributed by atoms with Gasteiger partial charge < -0.3 is 0 Å². The average Bonchev–Trinajstić information content (AvgIpc) is 2.25. The van der Waals surface area contributed by atoms with E-state index in [2.05, 4.69) is 6.92 Å². The van der Waals surface area contributed by atoms with E-state index in [1.807, 2.05) is 0 Å². The van der Waals surface area contributed by atoms with Crippen molar-refractivity contribution in [2.24, 2.45) is 0 Å². The molecule has 0 heterocycles. The fraction of sp³-hybridized carbons (Fsp3) is 0.538. The summed E-state index contributed by atoms with van der Waals surface area (Å²) in [4.78, 5) is 0. The number of halogens is 4. The number of alkyl halides is 3. The molecule has 0 spiro atoms. The van der Waals surface area contributed by atoms with E-state index >= 15 is 0 Å². The average molecular weight is 265 g/mol. The number of hydrogen-bond acceptors (Lipinski definition) is 0. The van der Waals surface area contributed by atoms with Crippen LogP contribution < -0.4 is 0 Å². The quantitative estimate of drug-likeness (QED) is 0.618. The Labute approximate surface area is 105 Å². The van der Waals surface area contributed by atoms with Crippen molar-refractivity contribution in [2.45, 2.75) is 45.2 Å². The van der Waals surface area contributed by atoms with E-state index in [0.717, 1.165) is 31.7 Å². The van der Waals surface area contributed by atoms with Gasteiger partial charge >= 0.3 is 6.18 Å². The number of rotatable bonds is 5. The van der Waals surface area contributed by atoms with Gasteiger partial charge in [0.2, 0.25) is 0 Å². The summed E-state index contributed by atoms with van der Waals surface area (Å²) in [6.07, 6.45) is 0.540. The minimum atomic E-state index is -4.36. The number of hydrogen-bond donors (Lipinski definition) is 0. The van der Waals surface area contributed by atoms with Crippen LogP contribution in [0.4, 0.5) is 13.2 Å². The second-order valence-corrected chi connectivity index (χ2v) is 4.53. The molecule has 1 rings (SSSR count). The van der Waals surface area contributed by atoms with E-state index in [4.69, 9.17) is 11.6 Å². The van der Waals surface area contributed by atoms with Crippen molar-refractivity contribution in [1.29, 1.82) is 0 Å². The predicted molar refractivity (Wildman–Crippen MR) is 64.3 cm³/mol. The fourth-order valence-corrected chi connectivity index (χ4v) is 1.93. The molecule has 4 heteroatoms. The molecule has 0 unspecified atom stereocenters. The highest BCUT2D eigenvalue weighted by Gasteiger charge is 2.33. The van der Waals surface area contributed by atoms with E-state index in [-0.39, 0.29) is 5.02 Å². The van der Waals surface area contributed by atoms with Gasteiger partial charge in [0, 0.05) is 0 Å². The zero-order valence-electron chi connectivity index (χ0n) is 9.78. The number of aryl methyl sites for hydroxylation is 1. The Kier molecular flexibility index (Phi) is 5.31. The van der Waals surface area contributed by atoms with Crippen molar-refractivity contribution in [2.75, 3.05) is 0 Å². The maximum absolute atomic E-state index is 12.6. The van der Waals surface area contributed by atoms with Crippen LogP contribution in [0.15, 0.2) is 18.2 Å². The van der Waals surface area contributed by atoms with Crippen molar-refractivity contribution in [3.05, 3.63) is 34.3 Å². The Morgan fingerprint density at radius 2 is 1.82 bits per heavy atom. The molecule has 0 saturated heterocycles. The van der Waals surface area contributed by atoms with Gasteiger partial charge in [-0.3, -0.25) is 0 Å². The third-order valence-electron chi connectivity index (χ3n) is 2.66. The van der Waals surface area contributed by atoms with Gasteiger partial charge in [-0.2, -0.15) is 13.2 Å². The summed E-state index contributed by atoms with van der Waals surface area (Å²) in [5.41, 5.74) is -0.0232. The summed E-state index contributed by atoms with van der Waals surface area (Å²) in [6.45, 7) is 2.10. The van der Waals surface area contributed by atoms with Crippen LogP contribution in [0.3, 0.4) is 0 Å². The first-order chi connectivity index (χ1) is 7.95. The van der Waals surface area contributed by atoms with E-state index in [1.165, 1.54) is 6.07 Å². The lowest BCUT2D eigenvalue weighted by Gasteiger charge is -2.10.